The second kappa shape index (κ2) is 13.7. The molecule has 38 heavy (non-hydrogen) atoms. The van der Waals surface area contributed by atoms with Gasteiger partial charge in [-0.15, -0.1) is 9.05 Å². The molecule has 1 saturated heterocycles. The van der Waals surface area contributed by atoms with Crippen molar-refractivity contribution >= 4 is 42.8 Å². The number of amides is 2. The second-order valence-corrected chi connectivity index (χ2v) is 11.6. The normalized spacial score (nSPS) is 20.9. The van der Waals surface area contributed by atoms with Crippen LogP contribution >= 0.6 is 19.9 Å². The van der Waals surface area contributed by atoms with E-state index < -0.39 is 50.1 Å². The lowest BCUT2D eigenvalue weighted by molar-refractivity contribution is -0.146. The van der Waals surface area contributed by atoms with E-state index in [9.17, 15) is 37.2 Å². The van der Waals surface area contributed by atoms with Crippen molar-refractivity contribution in [2.24, 2.45) is 5.41 Å². The first kappa shape index (κ1) is 31.9. The number of nitrogens with one attached hydrogen (secondary N) is 2. The van der Waals surface area contributed by atoms with Crippen molar-refractivity contribution in [2.75, 3.05) is 32.2 Å². The molecule has 11 nitrogen and oxygen atoms in total. The Kier molecular flexibility index (Phi) is 11.5. The highest BCUT2D eigenvalue weighted by atomic mass is 32.2. The van der Waals surface area contributed by atoms with Gasteiger partial charge in [-0.05, 0) is 24.3 Å². The minimum Gasteiger partial charge on any atom is -0.430 e. The lowest BCUT2D eigenvalue weighted by Crippen LogP contribution is -2.50. The van der Waals surface area contributed by atoms with Crippen molar-refractivity contribution in [1.82, 2.24) is 10.6 Å². The van der Waals surface area contributed by atoms with Gasteiger partial charge in [-0.25, -0.2) is 4.79 Å². The van der Waals surface area contributed by atoms with E-state index in [-0.39, 0.29) is 36.2 Å². The molecule has 1 aliphatic heterocycles. The number of halogens is 3. The summed E-state index contributed by atoms with van der Waals surface area (Å²) in [6, 6.07) is 3.29. The van der Waals surface area contributed by atoms with E-state index in [1.165, 1.54) is 6.92 Å². The SMILES string of the molecule is CC(=O)SCCNC(=O)CCNC(=O)[C@@H]1O[P+](O)(OCOC(=O)c2ccc(C(F)(F)F)cc2)OCC1(C)C. The maximum atomic E-state index is 12.7. The molecule has 2 amide bonds. The first-order valence-corrected chi connectivity index (χ1v) is 13.7. The maximum absolute atomic E-state index is 12.7. The number of alkyl halides is 3. The van der Waals surface area contributed by atoms with Crippen molar-refractivity contribution in [1.29, 1.82) is 0 Å². The van der Waals surface area contributed by atoms with E-state index in [2.05, 4.69) is 10.6 Å². The van der Waals surface area contributed by atoms with E-state index in [0.717, 1.165) is 23.9 Å². The molecular weight excluding hydrogens is 556 g/mol. The van der Waals surface area contributed by atoms with E-state index >= 15 is 0 Å². The van der Waals surface area contributed by atoms with Crippen LogP contribution in [-0.4, -0.2) is 66.1 Å². The molecule has 3 N–H and O–H groups in total. The van der Waals surface area contributed by atoms with Crippen LogP contribution in [0.1, 0.15) is 43.1 Å². The quantitative estimate of drug-likeness (QED) is 0.153. The van der Waals surface area contributed by atoms with Crippen LogP contribution in [0.25, 0.3) is 0 Å². The van der Waals surface area contributed by atoms with Gasteiger partial charge in [-0.2, -0.15) is 22.6 Å². The molecule has 1 aliphatic rings. The maximum Gasteiger partial charge on any atom is 0.576 e. The summed E-state index contributed by atoms with van der Waals surface area (Å²) in [6.07, 6.45) is -5.83. The van der Waals surface area contributed by atoms with Gasteiger partial charge in [0.05, 0.1) is 11.1 Å². The predicted octanol–water partition coefficient (Wildman–Crippen LogP) is 2.85. The van der Waals surface area contributed by atoms with Crippen LogP contribution in [0.5, 0.6) is 0 Å². The highest BCUT2D eigenvalue weighted by Crippen LogP contribution is 2.63. The third-order valence-electron chi connectivity index (χ3n) is 5.02. The smallest absolute Gasteiger partial charge is 0.430 e. The number of benzene rings is 1. The van der Waals surface area contributed by atoms with Crippen molar-refractivity contribution in [3.8, 4) is 0 Å². The molecule has 1 heterocycles. The Balaban J connectivity index is 1.82. The largest absolute Gasteiger partial charge is 0.576 e. The van der Waals surface area contributed by atoms with Crippen LogP contribution in [0.2, 0.25) is 0 Å². The number of rotatable bonds is 11. The van der Waals surface area contributed by atoms with E-state index in [4.69, 9.17) is 18.3 Å². The third kappa shape index (κ3) is 10.1. The van der Waals surface area contributed by atoms with Crippen LogP contribution in [0, 0.1) is 5.41 Å². The summed E-state index contributed by atoms with van der Waals surface area (Å²) in [4.78, 5) is 58.1. The lowest BCUT2D eigenvalue weighted by Gasteiger charge is -2.36. The van der Waals surface area contributed by atoms with E-state index in [1.807, 2.05) is 0 Å². The molecule has 1 unspecified atom stereocenters. The highest BCUT2D eigenvalue weighted by Gasteiger charge is 2.59. The number of hydrogen-bond acceptors (Lipinski definition) is 10. The predicted molar refractivity (Wildman–Crippen MR) is 130 cm³/mol. The molecule has 16 heteroatoms. The topological polar surface area (TPSA) is 149 Å². The molecule has 1 aromatic rings. The molecule has 0 saturated carbocycles. The van der Waals surface area contributed by atoms with Gasteiger partial charge in [-0.3, -0.25) is 14.4 Å². The van der Waals surface area contributed by atoms with Crippen LogP contribution in [0.3, 0.4) is 0 Å². The lowest BCUT2D eigenvalue weighted by atomic mass is 9.87. The standard InChI is InChI=1S/C22H28F3N2O9PS/c1-14(28)38-11-10-26-17(29)8-9-27-19(30)18-21(2,3)12-34-37(32,36-18)35-13-33-20(31)15-4-6-16(7-5-15)22(23,24)25/h4-7,18,32H,8-13H2,1-3H3,(H-,26,27,29,30)/p+1/t18-,37?/m0/s1. The van der Waals surface area contributed by atoms with Crippen molar-refractivity contribution in [3.05, 3.63) is 35.4 Å². The van der Waals surface area contributed by atoms with Crippen molar-refractivity contribution in [2.45, 2.75) is 39.5 Å². The Morgan fingerprint density at radius 3 is 2.42 bits per heavy atom. The molecular formula is C22H29F3N2O9PS+. The summed E-state index contributed by atoms with van der Waals surface area (Å²) in [5.41, 5.74) is -2.02. The molecule has 1 fully saturated rings. The Labute approximate surface area is 221 Å². The number of ether oxygens (including phenoxy) is 1. The third-order valence-corrected chi connectivity index (χ3v) is 7.20. The minimum absolute atomic E-state index is 0.0240. The molecule has 212 valence electrons. The fourth-order valence-corrected chi connectivity index (χ4v) is 5.01. The van der Waals surface area contributed by atoms with Gasteiger partial charge in [0.1, 0.15) is 6.61 Å². The summed E-state index contributed by atoms with van der Waals surface area (Å²) in [6.45, 7) is 3.97. The molecule has 0 aromatic heterocycles. The average Bonchev–Trinajstić information content (AvgIpc) is 2.83. The number of carbonyl (C=O) groups excluding carboxylic acids is 4. The summed E-state index contributed by atoms with van der Waals surface area (Å²) in [5.74, 6) is -1.56. The van der Waals surface area contributed by atoms with Gasteiger partial charge in [0, 0.05) is 37.6 Å². The summed E-state index contributed by atoms with van der Waals surface area (Å²) < 4.78 is 58.5. The Bertz CT molecular complexity index is 1010. The first-order chi connectivity index (χ1) is 17.6. The van der Waals surface area contributed by atoms with Crippen LogP contribution < -0.4 is 10.6 Å². The Hall–Kier alpha value is -2.29. The van der Waals surface area contributed by atoms with Crippen LogP contribution in [-0.2, 0) is 38.9 Å². The van der Waals surface area contributed by atoms with Crippen molar-refractivity contribution in [3.63, 3.8) is 0 Å². The number of thioether (sulfide) groups is 1. The highest BCUT2D eigenvalue weighted by molar-refractivity contribution is 8.13. The average molecular weight is 586 g/mol. The molecule has 1 aromatic carbocycles. The molecule has 2 rings (SSSR count). The zero-order valence-electron chi connectivity index (χ0n) is 20.8. The number of esters is 1. The Morgan fingerprint density at radius 2 is 1.82 bits per heavy atom. The zero-order chi connectivity index (χ0) is 28.6. The van der Waals surface area contributed by atoms with E-state index in [1.54, 1.807) is 13.8 Å². The van der Waals surface area contributed by atoms with Gasteiger partial charge in [-0.1, -0.05) is 25.6 Å². The monoisotopic (exact) mass is 585 g/mol. The summed E-state index contributed by atoms with van der Waals surface area (Å²) in [5, 5.41) is 5.10. The van der Waals surface area contributed by atoms with Gasteiger partial charge in [0.15, 0.2) is 11.2 Å². The molecule has 0 bridgehead atoms. The second-order valence-electron chi connectivity index (χ2n) is 8.70. The molecule has 0 spiro atoms. The zero-order valence-corrected chi connectivity index (χ0v) is 22.5. The first-order valence-electron chi connectivity index (χ1n) is 11.2. The van der Waals surface area contributed by atoms with Crippen LogP contribution in [0.4, 0.5) is 13.2 Å². The van der Waals surface area contributed by atoms with Gasteiger partial charge in [0.2, 0.25) is 12.7 Å². The van der Waals surface area contributed by atoms with Crippen molar-refractivity contribution < 1.29 is 55.6 Å². The molecule has 2 atom stereocenters. The fraction of sp³-hybridized carbons (Fsp3) is 0.545. The number of carbonyl (C=O) groups is 4. The molecule has 0 radical (unpaired) electrons. The van der Waals surface area contributed by atoms with Gasteiger partial charge >= 0.3 is 20.3 Å². The summed E-state index contributed by atoms with van der Waals surface area (Å²) in [7, 11) is -4.10. The summed E-state index contributed by atoms with van der Waals surface area (Å²) >= 11 is 1.08. The fourth-order valence-electron chi connectivity index (χ4n) is 2.99. The van der Waals surface area contributed by atoms with E-state index in [0.29, 0.717) is 24.4 Å². The van der Waals surface area contributed by atoms with Gasteiger partial charge < -0.3 is 15.4 Å². The minimum atomic E-state index is -4.56. The van der Waals surface area contributed by atoms with Gasteiger partial charge in [0.25, 0.3) is 5.91 Å². The molecule has 0 aliphatic carbocycles. The number of hydrogen-bond donors (Lipinski definition) is 3. The Morgan fingerprint density at radius 1 is 1.16 bits per heavy atom. The van der Waals surface area contributed by atoms with Crippen LogP contribution in [0.15, 0.2) is 24.3 Å².